The van der Waals surface area contributed by atoms with E-state index in [2.05, 4.69) is 25.6 Å². The van der Waals surface area contributed by atoms with Crippen molar-refractivity contribution in [2.75, 3.05) is 5.73 Å². The van der Waals surface area contributed by atoms with Gasteiger partial charge < -0.3 is 11.1 Å². The third-order valence-electron chi connectivity index (χ3n) is 2.27. The number of nitrogens with two attached hydrogens (primary N) is 1. The van der Waals surface area contributed by atoms with Gasteiger partial charge in [-0.15, -0.1) is 5.10 Å². The second-order valence-electron chi connectivity index (χ2n) is 3.64. The third-order valence-corrected chi connectivity index (χ3v) is 2.27. The number of aromatic amines is 1. The molecule has 2 rings (SSSR count). The molecule has 0 spiro atoms. The van der Waals surface area contributed by atoms with Crippen molar-refractivity contribution in [2.24, 2.45) is 7.05 Å². The molecule has 17 heavy (non-hydrogen) atoms. The van der Waals surface area contributed by atoms with Crippen molar-refractivity contribution in [1.82, 2.24) is 30.3 Å². The van der Waals surface area contributed by atoms with Gasteiger partial charge in [-0.1, -0.05) is 0 Å². The Hall–Kier alpha value is -2.38. The Balaban J connectivity index is 1.99. The molecule has 0 atom stereocenters. The number of amides is 1. The minimum atomic E-state index is -0.350. The fourth-order valence-electron chi connectivity index (χ4n) is 1.46. The molecule has 0 aliphatic carbocycles. The van der Waals surface area contributed by atoms with Crippen LogP contribution >= 0.6 is 0 Å². The molecule has 0 bridgehead atoms. The predicted octanol–water partition coefficient (Wildman–Crippen LogP) is -0.641. The highest BCUT2D eigenvalue weighted by Crippen LogP contribution is 2.04. The monoisotopic (exact) mass is 235 g/mol. The Morgan fingerprint density at radius 2 is 2.41 bits per heavy atom. The van der Waals surface area contributed by atoms with Crippen molar-refractivity contribution in [3.8, 4) is 0 Å². The first kappa shape index (κ1) is 11.1. The highest BCUT2D eigenvalue weighted by molar-refractivity contribution is 5.90. The van der Waals surface area contributed by atoms with Crippen LogP contribution in [0.25, 0.3) is 0 Å². The first-order chi connectivity index (χ1) is 8.06. The minimum Gasteiger partial charge on any atom is -0.366 e. The molecule has 0 aliphatic heterocycles. The summed E-state index contributed by atoms with van der Waals surface area (Å²) in [5, 5.41) is 12.9. The maximum absolute atomic E-state index is 11.6. The zero-order valence-corrected chi connectivity index (χ0v) is 9.56. The number of nitrogen functional groups attached to an aromatic ring is 1. The molecule has 0 unspecified atom stereocenters. The van der Waals surface area contributed by atoms with E-state index < -0.39 is 0 Å². The highest BCUT2D eigenvalue weighted by Gasteiger charge is 2.11. The Bertz CT molecular complexity index is 541. The number of nitrogens with one attached hydrogen (secondary N) is 2. The zero-order valence-electron chi connectivity index (χ0n) is 9.56. The molecule has 0 aromatic carbocycles. The molecule has 4 N–H and O–H groups in total. The molecule has 0 aliphatic rings. The molecule has 2 aromatic rings. The molecule has 1 amide bonds. The fourth-order valence-corrected chi connectivity index (χ4v) is 1.46. The highest BCUT2D eigenvalue weighted by atomic mass is 16.2. The van der Waals surface area contributed by atoms with Crippen LogP contribution in [0.2, 0.25) is 0 Å². The number of rotatable bonds is 3. The van der Waals surface area contributed by atoms with Gasteiger partial charge in [0, 0.05) is 25.4 Å². The summed E-state index contributed by atoms with van der Waals surface area (Å²) in [7, 11) is 1.83. The lowest BCUT2D eigenvalue weighted by atomic mass is 10.2. The smallest absolute Gasteiger partial charge is 0.288 e. The lowest BCUT2D eigenvalue weighted by Gasteiger charge is -2.00. The number of hydrogen-bond acceptors (Lipinski definition) is 5. The number of H-pyrrole nitrogens is 1. The van der Waals surface area contributed by atoms with E-state index in [0.717, 1.165) is 11.3 Å². The fraction of sp³-hybridized carbons (Fsp3) is 0.333. The lowest BCUT2D eigenvalue weighted by Crippen LogP contribution is -2.24. The Kier molecular flexibility index (Phi) is 2.77. The van der Waals surface area contributed by atoms with E-state index in [1.807, 2.05) is 20.2 Å². The molecule has 0 fully saturated rings. The van der Waals surface area contributed by atoms with Crippen LogP contribution in [-0.4, -0.2) is 30.9 Å². The molecular weight excluding hydrogens is 222 g/mol. The van der Waals surface area contributed by atoms with E-state index in [0.29, 0.717) is 6.54 Å². The second-order valence-corrected chi connectivity index (χ2v) is 3.64. The normalized spacial score (nSPS) is 10.5. The first-order valence-electron chi connectivity index (χ1n) is 5.01. The van der Waals surface area contributed by atoms with E-state index in [1.54, 1.807) is 4.68 Å². The summed E-state index contributed by atoms with van der Waals surface area (Å²) in [6, 6.07) is 0. The van der Waals surface area contributed by atoms with Crippen LogP contribution < -0.4 is 11.1 Å². The topological polar surface area (TPSA) is 115 Å². The Morgan fingerprint density at radius 1 is 1.65 bits per heavy atom. The van der Waals surface area contributed by atoms with Gasteiger partial charge >= 0.3 is 0 Å². The number of aromatic nitrogens is 5. The van der Waals surface area contributed by atoms with Crippen LogP contribution in [0.5, 0.6) is 0 Å². The van der Waals surface area contributed by atoms with Crippen molar-refractivity contribution in [3.05, 3.63) is 23.3 Å². The zero-order chi connectivity index (χ0) is 12.4. The van der Waals surface area contributed by atoms with Gasteiger partial charge in [-0.3, -0.25) is 14.6 Å². The molecule has 2 aromatic heterocycles. The Labute approximate surface area is 97.2 Å². The standard InChI is InChI=1S/C9H13N7O/c1-5-6(4-16(2)15-5)3-11-8(17)7-12-9(10)14-13-7/h4H,3H2,1-2H3,(H,11,17)(H3,10,12,13,14). The van der Waals surface area contributed by atoms with Crippen molar-refractivity contribution in [1.29, 1.82) is 0 Å². The van der Waals surface area contributed by atoms with Crippen LogP contribution in [0, 0.1) is 6.92 Å². The summed E-state index contributed by atoms with van der Waals surface area (Å²) >= 11 is 0. The van der Waals surface area contributed by atoms with Crippen LogP contribution in [0.15, 0.2) is 6.20 Å². The predicted molar refractivity (Wildman–Crippen MR) is 59.9 cm³/mol. The van der Waals surface area contributed by atoms with E-state index in [9.17, 15) is 4.79 Å². The third kappa shape index (κ3) is 2.41. The number of carbonyl (C=O) groups is 1. The average Bonchev–Trinajstić information content (AvgIpc) is 2.82. The number of hydrogen-bond donors (Lipinski definition) is 3. The number of carbonyl (C=O) groups excluding carboxylic acids is 1. The van der Waals surface area contributed by atoms with Gasteiger partial charge in [0.25, 0.3) is 5.91 Å². The molecule has 8 nitrogen and oxygen atoms in total. The lowest BCUT2D eigenvalue weighted by molar-refractivity contribution is 0.0941. The molecular formula is C9H13N7O. The van der Waals surface area contributed by atoms with Crippen LogP contribution in [0.3, 0.4) is 0 Å². The van der Waals surface area contributed by atoms with Crippen molar-refractivity contribution in [3.63, 3.8) is 0 Å². The van der Waals surface area contributed by atoms with Crippen LogP contribution in [-0.2, 0) is 13.6 Å². The van der Waals surface area contributed by atoms with Gasteiger partial charge in [0.1, 0.15) is 0 Å². The second kappa shape index (κ2) is 4.24. The van der Waals surface area contributed by atoms with Crippen molar-refractivity contribution >= 4 is 11.9 Å². The van der Waals surface area contributed by atoms with E-state index >= 15 is 0 Å². The largest absolute Gasteiger partial charge is 0.366 e. The van der Waals surface area contributed by atoms with Crippen LogP contribution in [0.4, 0.5) is 5.95 Å². The van der Waals surface area contributed by atoms with Crippen molar-refractivity contribution < 1.29 is 4.79 Å². The summed E-state index contributed by atoms with van der Waals surface area (Å²) in [4.78, 5) is 15.4. The van der Waals surface area contributed by atoms with Gasteiger partial charge in [0.2, 0.25) is 11.8 Å². The molecule has 90 valence electrons. The quantitative estimate of drug-likeness (QED) is 0.654. The summed E-state index contributed by atoms with van der Waals surface area (Å²) in [6.45, 7) is 2.27. The summed E-state index contributed by atoms with van der Waals surface area (Å²) in [6.07, 6.45) is 1.85. The summed E-state index contributed by atoms with van der Waals surface area (Å²) in [5.41, 5.74) is 7.14. The maximum atomic E-state index is 11.6. The number of aryl methyl sites for hydroxylation is 2. The first-order valence-corrected chi connectivity index (χ1v) is 5.01. The van der Waals surface area contributed by atoms with Gasteiger partial charge in [0.15, 0.2) is 0 Å². The van der Waals surface area contributed by atoms with E-state index in [-0.39, 0.29) is 17.7 Å². The van der Waals surface area contributed by atoms with Gasteiger partial charge in [-0.25, -0.2) is 0 Å². The number of anilines is 1. The maximum Gasteiger partial charge on any atom is 0.288 e. The molecule has 2 heterocycles. The van der Waals surface area contributed by atoms with Gasteiger partial charge in [0.05, 0.1) is 5.69 Å². The Morgan fingerprint density at radius 3 is 2.94 bits per heavy atom. The summed E-state index contributed by atoms with van der Waals surface area (Å²) < 4.78 is 1.70. The van der Waals surface area contributed by atoms with Gasteiger partial charge in [-0.05, 0) is 6.92 Å². The van der Waals surface area contributed by atoms with Gasteiger partial charge in [-0.2, -0.15) is 10.1 Å². The molecule has 0 radical (unpaired) electrons. The summed E-state index contributed by atoms with van der Waals surface area (Å²) in [5.74, 6) is -0.200. The molecule has 0 saturated heterocycles. The van der Waals surface area contributed by atoms with Crippen LogP contribution in [0.1, 0.15) is 21.9 Å². The van der Waals surface area contributed by atoms with E-state index in [1.165, 1.54) is 0 Å². The SMILES string of the molecule is Cc1nn(C)cc1CNC(=O)c1nc(N)n[nH]1. The van der Waals surface area contributed by atoms with Crippen molar-refractivity contribution in [2.45, 2.75) is 13.5 Å². The molecule has 0 saturated carbocycles. The number of nitrogens with zero attached hydrogens (tertiary/aromatic N) is 4. The average molecular weight is 235 g/mol. The van der Waals surface area contributed by atoms with E-state index in [4.69, 9.17) is 5.73 Å². The molecule has 8 heteroatoms. The minimum absolute atomic E-state index is 0.0488.